The van der Waals surface area contributed by atoms with Crippen molar-refractivity contribution < 1.29 is 8.85 Å². The second-order valence-corrected chi connectivity index (χ2v) is 13.7. The molecule has 0 spiro atoms. The molecule has 1 aliphatic heterocycles. The first-order chi connectivity index (χ1) is 9.40. The normalized spacial score (nSPS) is 18.6. The van der Waals surface area contributed by atoms with E-state index in [0.717, 1.165) is 11.5 Å². The molecule has 0 radical (unpaired) electrons. The van der Waals surface area contributed by atoms with E-state index in [1.165, 1.54) is 10.4 Å². The van der Waals surface area contributed by atoms with E-state index in [1.54, 1.807) is 0 Å². The number of hydrogen-bond acceptors (Lipinski definition) is 2. The first kappa shape index (κ1) is 13.5. The first-order valence-electron chi connectivity index (χ1n) is 6.97. The average Bonchev–Trinajstić information content (AvgIpc) is 2.37. The Kier molecular flexibility index (Phi) is 3.03. The molecule has 2 aromatic rings. The van der Waals surface area contributed by atoms with Gasteiger partial charge in [0.2, 0.25) is 0 Å². The fourth-order valence-electron chi connectivity index (χ4n) is 2.77. The van der Waals surface area contributed by atoms with Crippen molar-refractivity contribution >= 4 is 27.0 Å². The molecular formula is C16H20O2Si2. The number of fused-ring (bicyclic) bond motifs is 2. The SMILES string of the molecule is C[Si]1(C)Oc2ccccc2[Si](C)(C)Oc2ccccc21. The Morgan fingerprint density at radius 2 is 0.950 bits per heavy atom. The molecule has 4 heteroatoms. The van der Waals surface area contributed by atoms with Crippen LogP contribution in [0.3, 0.4) is 0 Å². The van der Waals surface area contributed by atoms with E-state index < -0.39 is 16.6 Å². The maximum atomic E-state index is 6.48. The zero-order valence-corrected chi connectivity index (χ0v) is 14.4. The molecular weight excluding hydrogens is 280 g/mol. The molecule has 0 aromatic heterocycles. The Morgan fingerprint density at radius 1 is 0.600 bits per heavy atom. The van der Waals surface area contributed by atoms with Gasteiger partial charge in [0.15, 0.2) is 0 Å². The minimum atomic E-state index is -2.01. The van der Waals surface area contributed by atoms with Gasteiger partial charge in [-0.15, -0.1) is 0 Å². The van der Waals surface area contributed by atoms with Crippen LogP contribution < -0.4 is 19.2 Å². The van der Waals surface area contributed by atoms with E-state index in [4.69, 9.17) is 8.85 Å². The van der Waals surface area contributed by atoms with Gasteiger partial charge in [0.05, 0.1) is 0 Å². The molecule has 2 nitrogen and oxygen atoms in total. The first-order valence-corrected chi connectivity index (χ1v) is 12.8. The van der Waals surface area contributed by atoms with Crippen molar-refractivity contribution in [3.63, 3.8) is 0 Å². The Hall–Kier alpha value is -1.53. The molecule has 0 bridgehead atoms. The van der Waals surface area contributed by atoms with Crippen LogP contribution in [0.5, 0.6) is 11.5 Å². The van der Waals surface area contributed by atoms with Gasteiger partial charge >= 0.3 is 0 Å². The van der Waals surface area contributed by atoms with E-state index in [0.29, 0.717) is 0 Å². The monoisotopic (exact) mass is 300 g/mol. The lowest BCUT2D eigenvalue weighted by Gasteiger charge is -2.36. The highest BCUT2D eigenvalue weighted by Crippen LogP contribution is 2.26. The van der Waals surface area contributed by atoms with Gasteiger partial charge in [0, 0.05) is 10.4 Å². The number of benzene rings is 2. The molecule has 0 atom stereocenters. The average molecular weight is 301 g/mol. The fourth-order valence-corrected chi connectivity index (χ4v) is 7.10. The zero-order chi connectivity index (χ0) is 14.4. The second kappa shape index (κ2) is 4.50. The smallest absolute Gasteiger partial charge is 0.280 e. The molecule has 2 aromatic carbocycles. The molecule has 104 valence electrons. The lowest BCUT2D eigenvalue weighted by Crippen LogP contribution is -2.57. The number of hydrogen-bond donors (Lipinski definition) is 0. The van der Waals surface area contributed by atoms with Crippen LogP contribution in [-0.4, -0.2) is 16.6 Å². The molecule has 0 unspecified atom stereocenters. The summed E-state index contributed by atoms with van der Waals surface area (Å²) in [7, 11) is -4.02. The lowest BCUT2D eigenvalue weighted by atomic mass is 10.3. The predicted molar refractivity (Wildman–Crippen MR) is 88.4 cm³/mol. The molecule has 0 fully saturated rings. The summed E-state index contributed by atoms with van der Waals surface area (Å²) in [6.07, 6.45) is 0. The lowest BCUT2D eigenvalue weighted by molar-refractivity contribution is 0.534. The maximum Gasteiger partial charge on any atom is 0.280 e. The van der Waals surface area contributed by atoms with E-state index in [9.17, 15) is 0 Å². The number of para-hydroxylation sites is 2. The summed E-state index contributed by atoms with van der Waals surface area (Å²) in [4.78, 5) is 0. The van der Waals surface area contributed by atoms with Gasteiger partial charge in [-0.2, -0.15) is 0 Å². The van der Waals surface area contributed by atoms with Crippen LogP contribution in [0, 0.1) is 0 Å². The summed E-state index contributed by atoms with van der Waals surface area (Å²) in [6, 6.07) is 16.7. The van der Waals surface area contributed by atoms with Crippen molar-refractivity contribution in [3.8, 4) is 11.5 Å². The largest absolute Gasteiger partial charge is 0.539 e. The summed E-state index contributed by atoms with van der Waals surface area (Å²) >= 11 is 0. The quantitative estimate of drug-likeness (QED) is 0.696. The molecule has 20 heavy (non-hydrogen) atoms. The molecule has 3 rings (SSSR count). The van der Waals surface area contributed by atoms with Crippen molar-refractivity contribution in [2.45, 2.75) is 26.2 Å². The van der Waals surface area contributed by atoms with Crippen LogP contribution in [-0.2, 0) is 0 Å². The Morgan fingerprint density at radius 3 is 1.35 bits per heavy atom. The van der Waals surface area contributed by atoms with Gasteiger partial charge in [0.1, 0.15) is 11.5 Å². The van der Waals surface area contributed by atoms with Gasteiger partial charge in [-0.25, -0.2) is 0 Å². The van der Waals surface area contributed by atoms with Gasteiger partial charge < -0.3 is 8.85 Å². The summed E-state index contributed by atoms with van der Waals surface area (Å²) in [5.41, 5.74) is 0. The highest BCUT2D eigenvalue weighted by atomic mass is 28.4. The van der Waals surface area contributed by atoms with Gasteiger partial charge in [-0.1, -0.05) is 36.4 Å². The van der Waals surface area contributed by atoms with Crippen molar-refractivity contribution in [3.05, 3.63) is 48.5 Å². The number of rotatable bonds is 0. The summed E-state index contributed by atoms with van der Waals surface area (Å²) < 4.78 is 13.0. The molecule has 0 N–H and O–H groups in total. The molecule has 1 aliphatic rings. The van der Waals surface area contributed by atoms with Crippen LogP contribution in [0.4, 0.5) is 0 Å². The Labute approximate surface area is 122 Å². The summed E-state index contributed by atoms with van der Waals surface area (Å²) in [5.74, 6) is 2.02. The molecule has 0 saturated heterocycles. The van der Waals surface area contributed by atoms with Crippen LogP contribution >= 0.6 is 0 Å². The molecule has 0 aliphatic carbocycles. The third-order valence-electron chi connectivity index (χ3n) is 3.80. The summed E-state index contributed by atoms with van der Waals surface area (Å²) in [6.45, 7) is 8.91. The predicted octanol–water partition coefficient (Wildman–Crippen LogP) is 2.98. The van der Waals surface area contributed by atoms with E-state index in [1.807, 2.05) is 12.1 Å². The topological polar surface area (TPSA) is 18.5 Å². The second-order valence-electron chi connectivity index (χ2n) is 6.22. The molecule has 0 saturated carbocycles. The van der Waals surface area contributed by atoms with Crippen LogP contribution in [0.1, 0.15) is 0 Å². The van der Waals surface area contributed by atoms with Crippen LogP contribution in [0.2, 0.25) is 26.2 Å². The maximum absolute atomic E-state index is 6.48. The van der Waals surface area contributed by atoms with Crippen molar-refractivity contribution in [1.29, 1.82) is 0 Å². The van der Waals surface area contributed by atoms with E-state index in [2.05, 4.69) is 62.6 Å². The van der Waals surface area contributed by atoms with Gasteiger partial charge in [-0.05, 0) is 38.3 Å². The third kappa shape index (κ3) is 2.19. The zero-order valence-electron chi connectivity index (χ0n) is 12.4. The van der Waals surface area contributed by atoms with Gasteiger partial charge in [0.25, 0.3) is 16.6 Å². The summed E-state index contributed by atoms with van der Waals surface area (Å²) in [5, 5.41) is 2.49. The van der Waals surface area contributed by atoms with Crippen LogP contribution in [0.25, 0.3) is 0 Å². The van der Waals surface area contributed by atoms with E-state index >= 15 is 0 Å². The minimum Gasteiger partial charge on any atom is -0.539 e. The van der Waals surface area contributed by atoms with Crippen molar-refractivity contribution in [2.24, 2.45) is 0 Å². The Bertz CT molecular complexity index is 593. The third-order valence-corrected chi connectivity index (χ3v) is 8.68. The molecule has 0 amide bonds. The Balaban J connectivity index is 2.22. The van der Waals surface area contributed by atoms with Crippen molar-refractivity contribution in [1.82, 2.24) is 0 Å². The highest BCUT2D eigenvalue weighted by Gasteiger charge is 2.39. The molecule has 1 heterocycles. The van der Waals surface area contributed by atoms with E-state index in [-0.39, 0.29) is 0 Å². The standard InChI is InChI=1S/C16H20O2Si2/c1-19(2)15-11-7-5-9-13(15)18-20(3,4)16-12-8-6-10-14(16)17-19/h5-12H,1-4H3. The highest BCUT2D eigenvalue weighted by molar-refractivity contribution is 6.89. The minimum absolute atomic E-state index is 1.01. The van der Waals surface area contributed by atoms with Gasteiger partial charge in [-0.3, -0.25) is 0 Å². The van der Waals surface area contributed by atoms with Crippen LogP contribution in [0.15, 0.2) is 48.5 Å². The fraction of sp³-hybridized carbons (Fsp3) is 0.250. The van der Waals surface area contributed by atoms with Crippen molar-refractivity contribution in [2.75, 3.05) is 0 Å².